The summed E-state index contributed by atoms with van der Waals surface area (Å²) < 4.78 is 33.9. The molecule has 0 unspecified atom stereocenters. The molecule has 4 aromatic rings. The molecule has 0 fully saturated rings. The van der Waals surface area contributed by atoms with Crippen molar-refractivity contribution in [1.29, 1.82) is 0 Å². The first-order valence-electron chi connectivity index (χ1n) is 10.9. The Morgan fingerprint density at radius 3 is 2.15 bits per heavy atom. The van der Waals surface area contributed by atoms with Gasteiger partial charge in [-0.3, -0.25) is 9.52 Å². The number of ether oxygens (including phenoxy) is 1. The van der Waals surface area contributed by atoms with Gasteiger partial charge in [0.05, 0.1) is 12.0 Å². The standard InChI is InChI=1S/C28H27NO4S/c1-28(2,3)23-12-8-19(9-13-23)27(30)22-6-5-7-24(16-22)29-34(31,32)26-15-11-20-17-25(33-4)14-10-21(20)18-26/h5-18,29H,1-4H3. The number of hydrogen-bond donors (Lipinski definition) is 1. The average molecular weight is 474 g/mol. The Bertz CT molecular complexity index is 1470. The zero-order valence-corrected chi connectivity index (χ0v) is 20.4. The summed E-state index contributed by atoms with van der Waals surface area (Å²) in [4.78, 5) is 13.1. The minimum Gasteiger partial charge on any atom is -0.497 e. The Morgan fingerprint density at radius 1 is 0.794 bits per heavy atom. The Morgan fingerprint density at radius 2 is 1.47 bits per heavy atom. The highest BCUT2D eigenvalue weighted by molar-refractivity contribution is 7.92. The van der Waals surface area contributed by atoms with Crippen LogP contribution in [0.1, 0.15) is 42.3 Å². The van der Waals surface area contributed by atoms with E-state index in [4.69, 9.17) is 4.74 Å². The summed E-state index contributed by atoms with van der Waals surface area (Å²) in [5, 5.41) is 1.66. The molecule has 4 rings (SSSR count). The Balaban J connectivity index is 1.58. The first-order chi connectivity index (χ1) is 16.1. The number of carbonyl (C=O) groups excluding carboxylic acids is 1. The molecule has 0 aliphatic rings. The lowest BCUT2D eigenvalue weighted by molar-refractivity contribution is 0.103. The summed E-state index contributed by atoms with van der Waals surface area (Å²) in [7, 11) is -2.26. The van der Waals surface area contributed by atoms with Crippen LogP contribution in [-0.2, 0) is 15.4 Å². The Labute approximate surface area is 200 Å². The zero-order valence-electron chi connectivity index (χ0n) is 19.6. The highest BCUT2D eigenvalue weighted by Crippen LogP contribution is 2.26. The molecule has 0 radical (unpaired) electrons. The predicted molar refractivity (Wildman–Crippen MR) is 136 cm³/mol. The van der Waals surface area contributed by atoms with E-state index in [0.717, 1.165) is 16.3 Å². The van der Waals surface area contributed by atoms with E-state index in [9.17, 15) is 13.2 Å². The molecule has 0 aliphatic heterocycles. The molecule has 34 heavy (non-hydrogen) atoms. The third kappa shape index (κ3) is 4.97. The van der Waals surface area contributed by atoms with Crippen LogP contribution < -0.4 is 9.46 Å². The fourth-order valence-corrected chi connectivity index (χ4v) is 4.81. The van der Waals surface area contributed by atoms with Gasteiger partial charge in [0.1, 0.15) is 5.75 Å². The fraction of sp³-hybridized carbons (Fsp3) is 0.179. The van der Waals surface area contributed by atoms with Gasteiger partial charge in [-0.05, 0) is 58.1 Å². The molecule has 0 aromatic heterocycles. The molecular weight excluding hydrogens is 446 g/mol. The molecular formula is C28H27NO4S. The number of rotatable bonds is 6. The normalized spacial score (nSPS) is 11.9. The maximum atomic E-state index is 13.0. The lowest BCUT2D eigenvalue weighted by Crippen LogP contribution is -2.13. The molecule has 0 atom stereocenters. The molecule has 0 bridgehead atoms. The van der Waals surface area contributed by atoms with Gasteiger partial charge in [0.15, 0.2) is 5.78 Å². The van der Waals surface area contributed by atoms with Crippen molar-refractivity contribution in [3.63, 3.8) is 0 Å². The molecule has 4 aromatic carbocycles. The molecule has 0 heterocycles. The quantitative estimate of drug-likeness (QED) is 0.340. The molecule has 1 N–H and O–H groups in total. The molecule has 0 saturated heterocycles. The topological polar surface area (TPSA) is 72.5 Å². The number of benzene rings is 4. The van der Waals surface area contributed by atoms with Crippen LogP contribution in [-0.4, -0.2) is 21.3 Å². The van der Waals surface area contributed by atoms with Crippen molar-refractivity contribution in [1.82, 2.24) is 0 Å². The monoisotopic (exact) mass is 473 g/mol. The van der Waals surface area contributed by atoms with Crippen LogP contribution in [0.2, 0.25) is 0 Å². The van der Waals surface area contributed by atoms with Crippen molar-refractivity contribution in [3.05, 3.63) is 102 Å². The van der Waals surface area contributed by atoms with E-state index in [-0.39, 0.29) is 16.1 Å². The van der Waals surface area contributed by atoms with E-state index in [0.29, 0.717) is 22.6 Å². The van der Waals surface area contributed by atoms with E-state index in [2.05, 4.69) is 25.5 Å². The summed E-state index contributed by atoms with van der Waals surface area (Å²) in [6, 6.07) is 24.4. The summed E-state index contributed by atoms with van der Waals surface area (Å²) in [6.07, 6.45) is 0. The smallest absolute Gasteiger partial charge is 0.261 e. The molecule has 6 heteroatoms. The average Bonchev–Trinajstić information content (AvgIpc) is 2.82. The van der Waals surface area contributed by atoms with Crippen LogP contribution in [0.3, 0.4) is 0 Å². The van der Waals surface area contributed by atoms with Crippen LogP contribution in [0.4, 0.5) is 5.69 Å². The van der Waals surface area contributed by atoms with Crippen molar-refractivity contribution < 1.29 is 17.9 Å². The number of carbonyl (C=O) groups is 1. The Kier molecular flexibility index (Phi) is 6.19. The van der Waals surface area contributed by atoms with Gasteiger partial charge in [-0.25, -0.2) is 8.42 Å². The summed E-state index contributed by atoms with van der Waals surface area (Å²) >= 11 is 0. The van der Waals surface area contributed by atoms with Crippen molar-refractivity contribution in [3.8, 4) is 5.75 Å². The lowest BCUT2D eigenvalue weighted by atomic mass is 9.86. The maximum absolute atomic E-state index is 13.0. The second-order valence-corrected chi connectivity index (χ2v) is 10.9. The van der Waals surface area contributed by atoms with Crippen LogP contribution in [0, 0.1) is 0 Å². The molecule has 0 aliphatic carbocycles. The molecule has 0 spiro atoms. The molecule has 5 nitrogen and oxygen atoms in total. The van der Waals surface area contributed by atoms with Crippen LogP contribution in [0.5, 0.6) is 5.75 Å². The van der Waals surface area contributed by atoms with Crippen molar-refractivity contribution >= 4 is 32.3 Å². The predicted octanol–water partition coefficient (Wildman–Crippen LogP) is 6.18. The van der Waals surface area contributed by atoms with Gasteiger partial charge in [0.2, 0.25) is 0 Å². The SMILES string of the molecule is COc1ccc2cc(S(=O)(=O)Nc3cccc(C(=O)c4ccc(C(C)(C)C)cc4)c3)ccc2c1. The number of anilines is 1. The zero-order chi connectivity index (χ0) is 24.5. The molecule has 0 saturated carbocycles. The van der Waals surface area contributed by atoms with Gasteiger partial charge >= 0.3 is 0 Å². The Hall–Kier alpha value is -3.64. The van der Waals surface area contributed by atoms with E-state index < -0.39 is 10.0 Å². The lowest BCUT2D eigenvalue weighted by Gasteiger charge is -2.19. The highest BCUT2D eigenvalue weighted by atomic mass is 32.2. The third-order valence-electron chi connectivity index (χ3n) is 5.72. The fourth-order valence-electron chi connectivity index (χ4n) is 3.72. The number of nitrogens with one attached hydrogen (secondary N) is 1. The van der Waals surface area contributed by atoms with Gasteiger partial charge in [0, 0.05) is 16.8 Å². The largest absolute Gasteiger partial charge is 0.497 e. The number of methoxy groups -OCH3 is 1. The van der Waals surface area contributed by atoms with Crippen molar-refractivity contribution in [2.45, 2.75) is 31.1 Å². The first kappa shape index (κ1) is 23.5. The van der Waals surface area contributed by atoms with Crippen molar-refractivity contribution in [2.24, 2.45) is 0 Å². The first-order valence-corrected chi connectivity index (χ1v) is 12.4. The van der Waals surface area contributed by atoms with E-state index >= 15 is 0 Å². The van der Waals surface area contributed by atoms with Crippen LogP contribution in [0.15, 0.2) is 89.8 Å². The number of fused-ring (bicyclic) bond motifs is 1. The second kappa shape index (κ2) is 8.95. The van der Waals surface area contributed by atoms with E-state index in [1.165, 1.54) is 0 Å². The number of hydrogen-bond acceptors (Lipinski definition) is 4. The van der Waals surface area contributed by atoms with Gasteiger partial charge in [-0.15, -0.1) is 0 Å². The minimum atomic E-state index is -3.84. The van der Waals surface area contributed by atoms with Crippen LogP contribution in [0.25, 0.3) is 10.8 Å². The second-order valence-electron chi connectivity index (χ2n) is 9.22. The van der Waals surface area contributed by atoms with Gasteiger partial charge in [0.25, 0.3) is 10.0 Å². The van der Waals surface area contributed by atoms with Gasteiger partial charge < -0.3 is 4.74 Å². The molecule has 174 valence electrons. The number of sulfonamides is 1. The number of ketones is 1. The van der Waals surface area contributed by atoms with Crippen molar-refractivity contribution in [2.75, 3.05) is 11.8 Å². The summed E-state index contributed by atoms with van der Waals surface area (Å²) in [6.45, 7) is 6.35. The minimum absolute atomic E-state index is 0.00535. The summed E-state index contributed by atoms with van der Waals surface area (Å²) in [5.41, 5.74) is 2.42. The molecule has 0 amide bonds. The highest BCUT2D eigenvalue weighted by Gasteiger charge is 2.18. The third-order valence-corrected chi connectivity index (χ3v) is 7.10. The van der Waals surface area contributed by atoms with E-state index in [1.54, 1.807) is 55.6 Å². The van der Waals surface area contributed by atoms with Gasteiger partial charge in [-0.1, -0.05) is 69.3 Å². The van der Waals surface area contributed by atoms with Crippen LogP contribution >= 0.6 is 0 Å². The summed E-state index contributed by atoms with van der Waals surface area (Å²) in [5.74, 6) is 0.539. The van der Waals surface area contributed by atoms with Gasteiger partial charge in [-0.2, -0.15) is 0 Å². The maximum Gasteiger partial charge on any atom is 0.261 e. The van der Waals surface area contributed by atoms with E-state index in [1.807, 2.05) is 36.4 Å².